The molecule has 0 radical (unpaired) electrons. The first-order valence-electron chi connectivity index (χ1n) is 7.01. The number of carbonyl (C=O) groups excluding carboxylic acids is 1. The van der Waals surface area contributed by atoms with Crippen LogP contribution in [-0.4, -0.2) is 51.2 Å². The number of nitrogens with one attached hydrogen (secondary N) is 2. The molecular weight excluding hydrogens is 316 g/mol. The summed E-state index contributed by atoms with van der Waals surface area (Å²) in [6, 6.07) is 6.11. The second kappa shape index (κ2) is 7.01. The van der Waals surface area contributed by atoms with Crippen molar-refractivity contribution >= 4 is 17.7 Å². The standard InChI is InChI=1S/C15H18N4O5/c1-15(23,13(20)21)9-16-14(22)18-10-6-11(8-12(7-10)24-2)19-5-3-4-17-19/h3-8,23H,9H2,1-2H3,(H,20,21)(H2,16,18,22). The molecule has 0 aliphatic heterocycles. The summed E-state index contributed by atoms with van der Waals surface area (Å²) in [6.45, 7) is 0.654. The van der Waals surface area contributed by atoms with Crippen LogP contribution >= 0.6 is 0 Å². The van der Waals surface area contributed by atoms with Gasteiger partial charge in [0.15, 0.2) is 5.60 Å². The third-order valence-electron chi connectivity index (χ3n) is 3.21. The monoisotopic (exact) mass is 334 g/mol. The lowest BCUT2D eigenvalue weighted by Crippen LogP contribution is -2.47. The quantitative estimate of drug-likeness (QED) is 0.620. The Kier molecular flexibility index (Phi) is 5.05. The molecule has 1 heterocycles. The van der Waals surface area contributed by atoms with E-state index in [9.17, 15) is 14.7 Å². The molecule has 1 unspecified atom stereocenters. The molecule has 0 aliphatic rings. The number of urea groups is 1. The third kappa shape index (κ3) is 4.23. The maximum absolute atomic E-state index is 11.9. The molecule has 1 aromatic heterocycles. The lowest BCUT2D eigenvalue weighted by Gasteiger charge is -2.18. The van der Waals surface area contributed by atoms with E-state index in [2.05, 4.69) is 15.7 Å². The van der Waals surface area contributed by atoms with Crippen molar-refractivity contribution in [2.45, 2.75) is 12.5 Å². The fourth-order valence-electron chi connectivity index (χ4n) is 1.83. The van der Waals surface area contributed by atoms with E-state index in [-0.39, 0.29) is 0 Å². The van der Waals surface area contributed by atoms with Crippen LogP contribution in [0, 0.1) is 0 Å². The van der Waals surface area contributed by atoms with Crippen molar-refractivity contribution in [3.63, 3.8) is 0 Å². The SMILES string of the molecule is COc1cc(NC(=O)NCC(C)(O)C(=O)O)cc(-n2cccn2)c1. The highest BCUT2D eigenvalue weighted by molar-refractivity contribution is 5.90. The Morgan fingerprint density at radius 1 is 1.38 bits per heavy atom. The third-order valence-corrected chi connectivity index (χ3v) is 3.21. The Hall–Kier alpha value is -3.07. The molecule has 0 saturated heterocycles. The zero-order valence-corrected chi connectivity index (χ0v) is 13.2. The van der Waals surface area contributed by atoms with Gasteiger partial charge in [-0.05, 0) is 19.1 Å². The maximum atomic E-state index is 11.9. The van der Waals surface area contributed by atoms with Crippen LogP contribution < -0.4 is 15.4 Å². The summed E-state index contributed by atoms with van der Waals surface area (Å²) in [5.74, 6) is -0.916. The maximum Gasteiger partial charge on any atom is 0.337 e. The first-order valence-corrected chi connectivity index (χ1v) is 7.01. The molecule has 0 saturated carbocycles. The summed E-state index contributed by atoms with van der Waals surface area (Å²) < 4.78 is 6.79. The summed E-state index contributed by atoms with van der Waals surface area (Å²) in [7, 11) is 1.50. The number of carbonyl (C=O) groups is 2. The zero-order chi connectivity index (χ0) is 17.7. The van der Waals surface area contributed by atoms with Gasteiger partial charge in [-0.1, -0.05) is 0 Å². The van der Waals surface area contributed by atoms with E-state index in [1.54, 1.807) is 41.3 Å². The highest BCUT2D eigenvalue weighted by Gasteiger charge is 2.30. The van der Waals surface area contributed by atoms with Crippen molar-refractivity contribution in [2.75, 3.05) is 19.0 Å². The van der Waals surface area contributed by atoms with Crippen LogP contribution in [0.3, 0.4) is 0 Å². The average Bonchev–Trinajstić information content (AvgIpc) is 3.07. The number of amides is 2. The molecule has 2 aromatic rings. The highest BCUT2D eigenvalue weighted by Crippen LogP contribution is 2.23. The summed E-state index contributed by atoms with van der Waals surface area (Å²) in [6.07, 6.45) is 3.36. The van der Waals surface area contributed by atoms with Gasteiger partial charge in [-0.25, -0.2) is 14.3 Å². The van der Waals surface area contributed by atoms with Crippen molar-refractivity contribution in [3.8, 4) is 11.4 Å². The van der Waals surface area contributed by atoms with Crippen LogP contribution in [0.15, 0.2) is 36.7 Å². The van der Waals surface area contributed by atoms with E-state index < -0.39 is 24.1 Å². The van der Waals surface area contributed by atoms with Gasteiger partial charge in [0.1, 0.15) is 5.75 Å². The minimum absolute atomic E-state index is 0.423. The fraction of sp³-hybridized carbons (Fsp3) is 0.267. The van der Waals surface area contributed by atoms with Crippen LogP contribution in [-0.2, 0) is 4.79 Å². The largest absolute Gasteiger partial charge is 0.497 e. The Bertz CT molecular complexity index is 727. The number of carboxylic acids is 1. The first-order chi connectivity index (χ1) is 11.3. The fourth-order valence-corrected chi connectivity index (χ4v) is 1.83. The molecule has 0 spiro atoms. The Morgan fingerprint density at radius 3 is 2.71 bits per heavy atom. The van der Waals surface area contributed by atoms with Crippen LogP contribution in [0.2, 0.25) is 0 Å². The molecule has 4 N–H and O–H groups in total. The number of rotatable bonds is 6. The molecule has 2 rings (SSSR count). The second-order valence-electron chi connectivity index (χ2n) is 5.26. The van der Waals surface area contributed by atoms with E-state index in [4.69, 9.17) is 9.84 Å². The number of ether oxygens (including phenoxy) is 1. The number of hydrogen-bond acceptors (Lipinski definition) is 5. The van der Waals surface area contributed by atoms with Gasteiger partial charge in [0, 0.05) is 30.2 Å². The molecule has 24 heavy (non-hydrogen) atoms. The summed E-state index contributed by atoms with van der Waals surface area (Å²) in [4.78, 5) is 22.7. The van der Waals surface area contributed by atoms with Crippen molar-refractivity contribution in [1.82, 2.24) is 15.1 Å². The lowest BCUT2D eigenvalue weighted by molar-refractivity contribution is -0.155. The Labute approximate surface area is 137 Å². The summed E-state index contributed by atoms with van der Waals surface area (Å²) in [5.41, 5.74) is -0.953. The van der Waals surface area contributed by atoms with E-state index in [1.165, 1.54) is 7.11 Å². The number of nitrogens with zero attached hydrogens (tertiary/aromatic N) is 2. The van der Waals surface area contributed by atoms with Gasteiger partial charge in [0.25, 0.3) is 0 Å². The molecule has 0 aliphatic carbocycles. The molecule has 0 fully saturated rings. The minimum Gasteiger partial charge on any atom is -0.497 e. The van der Waals surface area contributed by atoms with Crippen molar-refractivity contribution < 1.29 is 24.5 Å². The van der Waals surface area contributed by atoms with E-state index in [1.807, 2.05) is 0 Å². The van der Waals surface area contributed by atoms with Crippen molar-refractivity contribution in [1.29, 1.82) is 0 Å². The van der Waals surface area contributed by atoms with Gasteiger partial charge in [-0.3, -0.25) is 0 Å². The van der Waals surface area contributed by atoms with Gasteiger partial charge in [0.05, 0.1) is 19.3 Å². The van der Waals surface area contributed by atoms with E-state index >= 15 is 0 Å². The molecule has 1 aromatic carbocycles. The summed E-state index contributed by atoms with van der Waals surface area (Å²) in [5, 5.41) is 27.4. The van der Waals surface area contributed by atoms with E-state index in [0.717, 1.165) is 6.92 Å². The number of methoxy groups -OCH3 is 1. The Morgan fingerprint density at radius 2 is 2.12 bits per heavy atom. The average molecular weight is 334 g/mol. The molecule has 0 bridgehead atoms. The number of carboxylic acid groups (broad SMARTS) is 1. The van der Waals surface area contributed by atoms with E-state index in [0.29, 0.717) is 17.1 Å². The Balaban J connectivity index is 2.10. The number of aromatic nitrogens is 2. The predicted molar refractivity (Wildman–Crippen MR) is 85.4 cm³/mol. The molecule has 2 amide bonds. The van der Waals surface area contributed by atoms with Crippen molar-refractivity contribution in [3.05, 3.63) is 36.7 Å². The van der Waals surface area contributed by atoms with Gasteiger partial charge >= 0.3 is 12.0 Å². The predicted octanol–water partition coefficient (Wildman–Crippen LogP) is 0.838. The number of anilines is 1. The first kappa shape index (κ1) is 17.3. The summed E-state index contributed by atoms with van der Waals surface area (Å²) >= 11 is 0. The van der Waals surface area contributed by atoms with Crippen LogP contribution in [0.4, 0.5) is 10.5 Å². The second-order valence-corrected chi connectivity index (χ2v) is 5.26. The van der Waals surface area contributed by atoms with Crippen LogP contribution in [0.1, 0.15) is 6.92 Å². The zero-order valence-electron chi connectivity index (χ0n) is 13.2. The van der Waals surface area contributed by atoms with Crippen LogP contribution in [0.5, 0.6) is 5.75 Å². The van der Waals surface area contributed by atoms with Gasteiger partial charge < -0.3 is 25.6 Å². The van der Waals surface area contributed by atoms with Gasteiger partial charge in [0.2, 0.25) is 0 Å². The molecule has 1 atom stereocenters. The highest BCUT2D eigenvalue weighted by atomic mass is 16.5. The molecular formula is C15H18N4O5. The normalized spacial score (nSPS) is 13.0. The molecule has 128 valence electrons. The van der Waals surface area contributed by atoms with Crippen LogP contribution in [0.25, 0.3) is 5.69 Å². The number of benzene rings is 1. The number of hydrogen-bond donors (Lipinski definition) is 4. The lowest BCUT2D eigenvalue weighted by atomic mass is 10.1. The minimum atomic E-state index is -2.05. The van der Waals surface area contributed by atoms with Gasteiger partial charge in [-0.2, -0.15) is 5.10 Å². The molecule has 9 heteroatoms. The smallest absolute Gasteiger partial charge is 0.337 e. The topological polar surface area (TPSA) is 126 Å². The molecule has 9 nitrogen and oxygen atoms in total. The van der Waals surface area contributed by atoms with Gasteiger partial charge in [-0.15, -0.1) is 0 Å². The van der Waals surface area contributed by atoms with Crippen molar-refractivity contribution in [2.24, 2.45) is 0 Å². The number of aliphatic hydroxyl groups is 1. The number of aliphatic carboxylic acids is 1.